The summed E-state index contributed by atoms with van der Waals surface area (Å²) in [4.78, 5) is 0. The molecule has 1 fully saturated rings. The van der Waals surface area contributed by atoms with Crippen LogP contribution in [0.5, 0.6) is 0 Å². The van der Waals surface area contributed by atoms with Crippen molar-refractivity contribution in [3.05, 3.63) is 12.2 Å². The van der Waals surface area contributed by atoms with Gasteiger partial charge in [0.05, 0.1) is 0 Å². The summed E-state index contributed by atoms with van der Waals surface area (Å²) in [5, 5.41) is 0. The third kappa shape index (κ3) is 2.72. The lowest BCUT2D eigenvalue weighted by Gasteiger charge is -2.21. The summed E-state index contributed by atoms with van der Waals surface area (Å²) in [7, 11) is 0. The van der Waals surface area contributed by atoms with E-state index in [0.29, 0.717) is 0 Å². The molecule has 0 saturated heterocycles. The van der Waals surface area contributed by atoms with Crippen molar-refractivity contribution in [3.8, 4) is 0 Å². The highest BCUT2D eigenvalue weighted by atomic mass is 35.5. The fourth-order valence-corrected chi connectivity index (χ4v) is 1.32. The summed E-state index contributed by atoms with van der Waals surface area (Å²) in [6, 6.07) is 0. The van der Waals surface area contributed by atoms with Gasteiger partial charge in [-0.2, -0.15) is 0 Å². The largest absolute Gasteiger partial charge is 0.330 e. The molecule has 0 aromatic rings. The Labute approximate surface area is 69.1 Å². The molecule has 10 heavy (non-hydrogen) atoms. The maximum absolute atomic E-state index is 5.52. The second-order valence-corrected chi connectivity index (χ2v) is 2.93. The molecular formula is C8H16ClN. The third-order valence-electron chi connectivity index (χ3n) is 2.15. The molecule has 2 heteroatoms. The molecular weight excluding hydrogens is 146 g/mol. The summed E-state index contributed by atoms with van der Waals surface area (Å²) in [5.74, 6) is 0.787. The highest BCUT2D eigenvalue weighted by Crippen LogP contribution is 2.25. The minimum atomic E-state index is 0. The molecule has 0 heterocycles. The van der Waals surface area contributed by atoms with Gasteiger partial charge >= 0.3 is 0 Å². The van der Waals surface area contributed by atoms with Crippen molar-refractivity contribution in [3.63, 3.8) is 0 Å². The van der Waals surface area contributed by atoms with Crippen molar-refractivity contribution >= 4 is 12.4 Å². The number of rotatable bonds is 1. The van der Waals surface area contributed by atoms with Gasteiger partial charge in [-0.25, -0.2) is 0 Å². The number of hydrogen-bond donors (Lipinski definition) is 1. The predicted octanol–water partition coefficient (Wildman–Crippen LogP) is 2.11. The highest BCUT2D eigenvalue weighted by Gasteiger charge is 2.12. The number of halogens is 1. The molecule has 1 saturated carbocycles. The fourth-order valence-electron chi connectivity index (χ4n) is 1.32. The van der Waals surface area contributed by atoms with Crippen LogP contribution in [0.25, 0.3) is 0 Å². The van der Waals surface area contributed by atoms with Crippen molar-refractivity contribution in [1.82, 2.24) is 0 Å². The van der Waals surface area contributed by atoms with Crippen LogP contribution in [-0.4, -0.2) is 6.54 Å². The Morgan fingerprint density at radius 1 is 1.40 bits per heavy atom. The Bertz CT molecular complexity index is 102. The van der Waals surface area contributed by atoms with E-state index in [-0.39, 0.29) is 12.4 Å². The standard InChI is InChI=1S/C8H15N.ClH/c1-7-2-4-8(6-9)5-3-7;/h8H,1-6,9H2;1H. The molecule has 1 rings (SSSR count). The smallest absolute Gasteiger partial charge is 0.00486 e. The second-order valence-electron chi connectivity index (χ2n) is 2.93. The van der Waals surface area contributed by atoms with Crippen molar-refractivity contribution in [2.24, 2.45) is 11.7 Å². The molecule has 0 spiro atoms. The van der Waals surface area contributed by atoms with Gasteiger partial charge < -0.3 is 5.73 Å². The maximum Gasteiger partial charge on any atom is -0.00486 e. The molecule has 1 aliphatic carbocycles. The van der Waals surface area contributed by atoms with E-state index in [9.17, 15) is 0 Å². The van der Waals surface area contributed by atoms with E-state index in [1.165, 1.54) is 31.3 Å². The first kappa shape index (κ1) is 9.99. The van der Waals surface area contributed by atoms with Gasteiger partial charge in [0.1, 0.15) is 0 Å². The first-order chi connectivity index (χ1) is 4.33. The van der Waals surface area contributed by atoms with Gasteiger partial charge in [-0.05, 0) is 38.1 Å². The van der Waals surface area contributed by atoms with Gasteiger partial charge in [0.15, 0.2) is 0 Å². The summed E-state index contributed by atoms with van der Waals surface area (Å²) in [6.45, 7) is 4.81. The SMILES string of the molecule is C=C1CCC(CN)CC1.Cl. The van der Waals surface area contributed by atoms with Crippen molar-refractivity contribution in [2.75, 3.05) is 6.54 Å². The van der Waals surface area contributed by atoms with Gasteiger partial charge in [0.25, 0.3) is 0 Å². The van der Waals surface area contributed by atoms with E-state index in [0.717, 1.165) is 12.5 Å². The van der Waals surface area contributed by atoms with Gasteiger partial charge in [-0.15, -0.1) is 12.4 Å². The van der Waals surface area contributed by atoms with Crippen LogP contribution in [0.1, 0.15) is 25.7 Å². The molecule has 1 aliphatic rings. The van der Waals surface area contributed by atoms with Crippen LogP contribution >= 0.6 is 12.4 Å². The summed E-state index contributed by atoms with van der Waals surface area (Å²) < 4.78 is 0. The minimum absolute atomic E-state index is 0. The summed E-state index contributed by atoms with van der Waals surface area (Å²) in [6.07, 6.45) is 4.97. The fraction of sp³-hybridized carbons (Fsp3) is 0.750. The normalized spacial score (nSPS) is 20.3. The topological polar surface area (TPSA) is 26.0 Å². The van der Waals surface area contributed by atoms with Crippen LogP contribution in [-0.2, 0) is 0 Å². The van der Waals surface area contributed by atoms with Crippen LogP contribution in [0.3, 0.4) is 0 Å². The first-order valence-electron chi connectivity index (χ1n) is 3.69. The molecule has 0 unspecified atom stereocenters. The lowest BCUT2D eigenvalue weighted by Crippen LogP contribution is -2.17. The van der Waals surface area contributed by atoms with Crippen molar-refractivity contribution < 1.29 is 0 Å². The van der Waals surface area contributed by atoms with Gasteiger partial charge in [0, 0.05) is 0 Å². The van der Waals surface area contributed by atoms with Gasteiger partial charge in [-0.3, -0.25) is 0 Å². The monoisotopic (exact) mass is 161 g/mol. The van der Waals surface area contributed by atoms with Crippen LogP contribution in [0.2, 0.25) is 0 Å². The summed E-state index contributed by atoms with van der Waals surface area (Å²) in [5.41, 5.74) is 6.94. The van der Waals surface area contributed by atoms with E-state index in [2.05, 4.69) is 6.58 Å². The Morgan fingerprint density at radius 3 is 2.30 bits per heavy atom. The Hall–Kier alpha value is -0.0100. The third-order valence-corrected chi connectivity index (χ3v) is 2.15. The average Bonchev–Trinajstić information content (AvgIpc) is 1.90. The lowest BCUT2D eigenvalue weighted by atomic mass is 9.87. The molecule has 0 bridgehead atoms. The van der Waals surface area contributed by atoms with E-state index in [4.69, 9.17) is 5.73 Å². The van der Waals surface area contributed by atoms with Crippen molar-refractivity contribution in [2.45, 2.75) is 25.7 Å². The van der Waals surface area contributed by atoms with Crippen LogP contribution < -0.4 is 5.73 Å². The molecule has 1 nitrogen and oxygen atoms in total. The zero-order valence-corrected chi connectivity index (χ0v) is 7.12. The predicted molar refractivity (Wildman–Crippen MR) is 47.4 cm³/mol. The van der Waals surface area contributed by atoms with Crippen LogP contribution in [0.4, 0.5) is 0 Å². The molecule has 2 N–H and O–H groups in total. The maximum atomic E-state index is 5.52. The van der Waals surface area contributed by atoms with E-state index < -0.39 is 0 Å². The van der Waals surface area contributed by atoms with Crippen molar-refractivity contribution in [1.29, 1.82) is 0 Å². The van der Waals surface area contributed by atoms with Crippen LogP contribution in [0, 0.1) is 5.92 Å². The lowest BCUT2D eigenvalue weighted by molar-refractivity contribution is 0.419. The second kappa shape index (κ2) is 4.75. The molecule has 0 amide bonds. The van der Waals surface area contributed by atoms with E-state index in [1.54, 1.807) is 0 Å². The Kier molecular flexibility index (Phi) is 4.75. The quantitative estimate of drug-likeness (QED) is 0.586. The zero-order valence-electron chi connectivity index (χ0n) is 6.31. The number of hydrogen-bond acceptors (Lipinski definition) is 1. The molecule has 60 valence electrons. The Balaban J connectivity index is 0.000000810. The Morgan fingerprint density at radius 2 is 1.90 bits per heavy atom. The molecule has 0 radical (unpaired) electrons. The average molecular weight is 162 g/mol. The molecule has 0 aromatic carbocycles. The number of nitrogens with two attached hydrogens (primary N) is 1. The highest BCUT2D eigenvalue weighted by molar-refractivity contribution is 5.85. The van der Waals surface area contributed by atoms with Gasteiger partial charge in [0.2, 0.25) is 0 Å². The van der Waals surface area contributed by atoms with Crippen LogP contribution in [0.15, 0.2) is 12.2 Å². The first-order valence-corrected chi connectivity index (χ1v) is 3.69. The molecule has 0 atom stereocenters. The summed E-state index contributed by atoms with van der Waals surface area (Å²) >= 11 is 0. The molecule has 0 aromatic heterocycles. The molecule has 0 aliphatic heterocycles. The van der Waals surface area contributed by atoms with Gasteiger partial charge in [-0.1, -0.05) is 12.2 Å². The number of allylic oxidation sites excluding steroid dienone is 1. The van der Waals surface area contributed by atoms with E-state index in [1.807, 2.05) is 0 Å². The minimum Gasteiger partial charge on any atom is -0.330 e. The zero-order chi connectivity index (χ0) is 6.69. The van der Waals surface area contributed by atoms with E-state index >= 15 is 0 Å².